The van der Waals surface area contributed by atoms with E-state index >= 15 is 0 Å². The number of carbonyl (C=O) groups excluding carboxylic acids is 3. The van der Waals surface area contributed by atoms with Gasteiger partial charge in [0.2, 0.25) is 5.91 Å². The molecule has 6 nitrogen and oxygen atoms in total. The number of fused-ring (bicyclic) bond motifs is 4. The number of rotatable bonds is 1. The van der Waals surface area contributed by atoms with Crippen molar-refractivity contribution in [2.24, 2.45) is 17.3 Å². The second-order valence-corrected chi connectivity index (χ2v) is 9.05. The van der Waals surface area contributed by atoms with Crippen LogP contribution in [-0.4, -0.2) is 30.4 Å². The predicted molar refractivity (Wildman–Crippen MR) is 114 cm³/mol. The number of para-hydroxylation sites is 2. The molecule has 1 spiro atoms. The Hall–Kier alpha value is -3.22. The van der Waals surface area contributed by atoms with Gasteiger partial charge < -0.3 is 4.90 Å². The van der Waals surface area contributed by atoms with Crippen LogP contribution in [0.3, 0.4) is 0 Å². The van der Waals surface area contributed by atoms with Crippen LogP contribution in [0.25, 0.3) is 0 Å². The van der Waals surface area contributed by atoms with Gasteiger partial charge in [-0.25, -0.2) is 14.1 Å². The van der Waals surface area contributed by atoms with Crippen LogP contribution in [0, 0.1) is 23.1 Å². The van der Waals surface area contributed by atoms with Crippen molar-refractivity contribution in [1.29, 1.82) is 0 Å². The molecule has 3 heterocycles. The van der Waals surface area contributed by atoms with Gasteiger partial charge in [0.15, 0.2) is 5.41 Å². The molecular formula is C24H24FN3O3. The monoisotopic (exact) mass is 421 g/mol. The lowest BCUT2D eigenvalue weighted by atomic mass is 9.62. The van der Waals surface area contributed by atoms with Crippen LogP contribution in [0.2, 0.25) is 0 Å². The number of carbonyl (C=O) groups is 3. The quantitative estimate of drug-likeness (QED) is 0.716. The van der Waals surface area contributed by atoms with Crippen molar-refractivity contribution < 1.29 is 18.8 Å². The summed E-state index contributed by atoms with van der Waals surface area (Å²) in [5.74, 6) is -1.25. The van der Waals surface area contributed by atoms with Crippen LogP contribution in [-0.2, 0) is 16.0 Å². The molecule has 1 N–H and O–H groups in total. The van der Waals surface area contributed by atoms with Crippen LogP contribution in [0.15, 0.2) is 48.5 Å². The summed E-state index contributed by atoms with van der Waals surface area (Å²) in [6.07, 6.45) is 0.869. The highest BCUT2D eigenvalue weighted by molar-refractivity contribution is 6.30. The van der Waals surface area contributed by atoms with Crippen molar-refractivity contribution >= 4 is 29.2 Å². The number of amides is 4. The molecule has 4 amide bonds. The van der Waals surface area contributed by atoms with Gasteiger partial charge in [0.05, 0.1) is 17.4 Å². The first-order valence-corrected chi connectivity index (χ1v) is 10.6. The summed E-state index contributed by atoms with van der Waals surface area (Å²) in [4.78, 5) is 43.2. The van der Waals surface area contributed by atoms with E-state index in [2.05, 4.69) is 12.2 Å². The summed E-state index contributed by atoms with van der Waals surface area (Å²) in [6, 6.07) is 12.1. The number of nitrogens with one attached hydrogen (secondary N) is 1. The number of benzene rings is 2. The number of barbiturate groups is 1. The van der Waals surface area contributed by atoms with E-state index in [1.807, 2.05) is 11.8 Å². The number of urea groups is 1. The topological polar surface area (TPSA) is 69.7 Å². The molecule has 0 saturated carbocycles. The molecule has 3 aliphatic heterocycles. The highest BCUT2D eigenvalue weighted by Gasteiger charge is 2.64. The number of nitrogens with zero attached hydrogens (tertiary/aromatic N) is 2. The number of imide groups is 2. The van der Waals surface area contributed by atoms with Crippen molar-refractivity contribution in [3.63, 3.8) is 0 Å². The minimum atomic E-state index is -1.51. The van der Waals surface area contributed by atoms with Gasteiger partial charge in [0.1, 0.15) is 5.82 Å². The number of hydrogen-bond acceptors (Lipinski definition) is 4. The first kappa shape index (κ1) is 19.7. The summed E-state index contributed by atoms with van der Waals surface area (Å²) in [7, 11) is 0. The molecule has 5 rings (SSSR count). The average Bonchev–Trinajstić information content (AvgIpc) is 2.72. The number of hydrogen-bond donors (Lipinski definition) is 1. The Kier molecular flexibility index (Phi) is 4.39. The SMILES string of the molecule is C[C@@H]1C[C@H](C)[C@H]2N(C1)c1c(F)cccc1C[C@@]21C(=O)NC(=O)N(c2ccccc2)C1=O. The van der Waals surface area contributed by atoms with Crippen molar-refractivity contribution in [1.82, 2.24) is 5.32 Å². The Balaban J connectivity index is 1.72. The standard InChI is InChI=1S/C24H24FN3O3/c1-14-11-15(2)20-24(12-16-7-6-10-18(25)19(16)27(20)13-14)21(29)26-23(31)28(22(24)30)17-8-4-3-5-9-17/h3-10,14-15,20H,11-13H2,1-2H3,(H,26,29,31)/t14-,15+,20-,24+/m1/s1. The first-order chi connectivity index (χ1) is 14.8. The fourth-order valence-corrected chi connectivity index (χ4v) is 5.89. The van der Waals surface area contributed by atoms with Crippen molar-refractivity contribution in [2.45, 2.75) is 32.7 Å². The van der Waals surface area contributed by atoms with Gasteiger partial charge in [0, 0.05) is 6.54 Å². The fourth-order valence-electron chi connectivity index (χ4n) is 5.89. The maximum absolute atomic E-state index is 15.0. The van der Waals surface area contributed by atoms with Crippen LogP contribution < -0.4 is 15.1 Å². The molecule has 0 aromatic heterocycles. The fraction of sp³-hybridized carbons (Fsp3) is 0.375. The zero-order valence-electron chi connectivity index (χ0n) is 17.5. The largest absolute Gasteiger partial charge is 0.364 e. The molecule has 7 heteroatoms. The number of piperidine rings is 1. The van der Waals surface area contributed by atoms with Crippen molar-refractivity contribution in [3.8, 4) is 0 Å². The lowest BCUT2D eigenvalue weighted by molar-refractivity contribution is -0.146. The van der Waals surface area contributed by atoms with Crippen LogP contribution in [0.5, 0.6) is 0 Å². The van der Waals surface area contributed by atoms with Gasteiger partial charge in [-0.15, -0.1) is 0 Å². The molecule has 160 valence electrons. The summed E-state index contributed by atoms with van der Waals surface area (Å²) in [6.45, 7) is 4.65. The van der Waals surface area contributed by atoms with E-state index in [0.29, 0.717) is 23.5 Å². The minimum absolute atomic E-state index is 0.0444. The third-order valence-electron chi connectivity index (χ3n) is 6.92. The molecule has 4 atom stereocenters. The van der Waals surface area contributed by atoms with E-state index in [1.165, 1.54) is 6.07 Å². The molecule has 2 aromatic rings. The molecule has 31 heavy (non-hydrogen) atoms. The summed E-state index contributed by atoms with van der Waals surface area (Å²) in [5.41, 5.74) is -0.0154. The Morgan fingerprint density at radius 3 is 2.52 bits per heavy atom. The van der Waals surface area contributed by atoms with E-state index in [9.17, 15) is 18.8 Å². The van der Waals surface area contributed by atoms with E-state index < -0.39 is 29.3 Å². The second kappa shape index (κ2) is 6.90. The smallest absolute Gasteiger partial charge is 0.335 e. The maximum atomic E-state index is 15.0. The summed E-state index contributed by atoms with van der Waals surface area (Å²) < 4.78 is 15.0. The predicted octanol–water partition coefficient (Wildman–Crippen LogP) is 3.50. The van der Waals surface area contributed by atoms with Gasteiger partial charge in [-0.2, -0.15) is 0 Å². The molecule has 2 aromatic carbocycles. The van der Waals surface area contributed by atoms with E-state index in [1.54, 1.807) is 42.5 Å². The number of anilines is 2. The normalized spacial score (nSPS) is 30.2. The molecule has 2 fully saturated rings. The zero-order valence-corrected chi connectivity index (χ0v) is 17.5. The molecular weight excluding hydrogens is 397 g/mol. The molecule has 2 saturated heterocycles. The van der Waals surface area contributed by atoms with Crippen LogP contribution in [0.4, 0.5) is 20.6 Å². The number of halogens is 1. The molecule has 0 bridgehead atoms. The van der Waals surface area contributed by atoms with Crippen LogP contribution in [0.1, 0.15) is 25.8 Å². The summed E-state index contributed by atoms with van der Waals surface area (Å²) in [5, 5.41) is 2.44. The second-order valence-electron chi connectivity index (χ2n) is 9.05. The first-order valence-electron chi connectivity index (χ1n) is 10.6. The zero-order chi connectivity index (χ0) is 21.9. The Labute approximate surface area is 180 Å². The minimum Gasteiger partial charge on any atom is -0.364 e. The van der Waals surface area contributed by atoms with Gasteiger partial charge in [-0.05, 0) is 48.4 Å². The third kappa shape index (κ3) is 2.72. The van der Waals surface area contributed by atoms with Crippen molar-refractivity contribution in [2.75, 3.05) is 16.3 Å². The maximum Gasteiger partial charge on any atom is 0.335 e. The Bertz CT molecular complexity index is 1090. The Morgan fingerprint density at radius 2 is 1.77 bits per heavy atom. The van der Waals surface area contributed by atoms with Gasteiger partial charge in [0.25, 0.3) is 5.91 Å². The highest BCUT2D eigenvalue weighted by atomic mass is 19.1. The lowest BCUT2D eigenvalue weighted by Crippen LogP contribution is -2.74. The molecule has 0 aliphatic carbocycles. The Morgan fingerprint density at radius 1 is 1.03 bits per heavy atom. The third-order valence-corrected chi connectivity index (χ3v) is 6.92. The van der Waals surface area contributed by atoms with E-state index in [0.717, 1.165) is 11.3 Å². The van der Waals surface area contributed by atoms with Gasteiger partial charge in [-0.3, -0.25) is 14.9 Å². The van der Waals surface area contributed by atoms with Gasteiger partial charge >= 0.3 is 6.03 Å². The summed E-state index contributed by atoms with van der Waals surface area (Å²) >= 11 is 0. The average molecular weight is 421 g/mol. The van der Waals surface area contributed by atoms with Crippen molar-refractivity contribution in [3.05, 3.63) is 59.9 Å². The lowest BCUT2D eigenvalue weighted by Gasteiger charge is -2.56. The molecule has 0 unspecified atom stereocenters. The van der Waals surface area contributed by atoms with E-state index in [4.69, 9.17) is 0 Å². The van der Waals surface area contributed by atoms with E-state index in [-0.39, 0.29) is 24.1 Å². The molecule has 3 aliphatic rings. The highest BCUT2D eigenvalue weighted by Crippen LogP contribution is 2.51. The molecule has 0 radical (unpaired) electrons. The van der Waals surface area contributed by atoms with Crippen LogP contribution >= 0.6 is 0 Å². The van der Waals surface area contributed by atoms with Gasteiger partial charge in [-0.1, -0.05) is 44.2 Å².